The van der Waals surface area contributed by atoms with Crippen molar-refractivity contribution >= 4 is 195 Å². The third kappa shape index (κ3) is 11.6. The van der Waals surface area contributed by atoms with E-state index in [9.17, 15) is 0 Å². The van der Waals surface area contributed by atoms with Gasteiger partial charge in [0.25, 0.3) is 0 Å². The van der Waals surface area contributed by atoms with E-state index in [-0.39, 0.29) is 5.41 Å². The van der Waals surface area contributed by atoms with Gasteiger partial charge in [0.05, 0.1) is 94.7 Å². The van der Waals surface area contributed by atoms with Crippen LogP contribution >= 0.6 is 0 Å². The van der Waals surface area contributed by atoms with E-state index in [0.29, 0.717) is 0 Å². The lowest BCUT2D eigenvalue weighted by molar-refractivity contribution is 0.660. The maximum atomic E-state index is 5.51. The van der Waals surface area contributed by atoms with Crippen LogP contribution in [0.5, 0.6) is 0 Å². The summed E-state index contributed by atoms with van der Waals surface area (Å²) in [5.74, 6) is 0. The fraction of sp³-hybridized carbons (Fsp3) is 0.0233. The molecule has 636 valence electrons. The molecule has 0 unspecified atom stereocenters. The van der Waals surface area contributed by atoms with E-state index in [4.69, 9.17) is 19.9 Å². The van der Waals surface area contributed by atoms with Gasteiger partial charge in [0, 0.05) is 104 Å². The number of aromatic nitrogens is 8. The predicted octanol–water partition coefficient (Wildman–Crippen LogP) is 33.8. The highest BCUT2D eigenvalue weighted by Crippen LogP contribution is 2.52. The lowest BCUT2D eigenvalue weighted by atomic mass is 9.81. The first-order valence-electron chi connectivity index (χ1n) is 47.2. The molecular formula is C129H80N8. The number of nitrogens with zero attached hydrogens (tertiary/aromatic N) is 8. The Hall–Kier alpha value is -18.0. The van der Waals surface area contributed by atoms with Crippen molar-refractivity contribution in [3.63, 3.8) is 0 Å². The molecule has 0 fully saturated rings. The van der Waals surface area contributed by atoms with Gasteiger partial charge < -0.3 is 18.3 Å². The first-order valence-corrected chi connectivity index (χ1v) is 47.2. The second-order valence-electron chi connectivity index (χ2n) is 37.4. The topological polar surface area (TPSA) is 71.3 Å². The zero-order valence-corrected chi connectivity index (χ0v) is 74.8. The van der Waals surface area contributed by atoms with Gasteiger partial charge in [-0.25, -0.2) is 19.9 Å². The van der Waals surface area contributed by atoms with Crippen LogP contribution in [0.15, 0.2) is 449 Å². The van der Waals surface area contributed by atoms with Gasteiger partial charge in [0.2, 0.25) is 0 Å². The van der Waals surface area contributed by atoms with Crippen molar-refractivity contribution in [1.29, 1.82) is 0 Å². The summed E-state index contributed by atoms with van der Waals surface area (Å²) in [4.78, 5) is 21.9. The van der Waals surface area contributed by atoms with Crippen LogP contribution in [0, 0.1) is 0 Å². The summed E-state index contributed by atoms with van der Waals surface area (Å²) in [6.07, 6.45) is 0. The molecule has 0 radical (unpaired) electrons. The number of rotatable bonds is 8. The molecule has 0 aliphatic heterocycles. The van der Waals surface area contributed by atoms with E-state index >= 15 is 0 Å². The maximum absolute atomic E-state index is 5.51. The van der Waals surface area contributed by atoms with Crippen molar-refractivity contribution in [3.8, 4) is 78.9 Å². The SMILES string of the molecule is CC1(C)c2ccccc2-c2ccc(-c3nc4ccccc4nc3-c3ccc(-n4c5ccccc5c5cc6cc(-n7c8ccccc8c8ccc9ccccc9c87)ccc6cc54)c4ccccc34)cc21.c1ccc2c(-c3nc4ccccc4nc3-c3ccc4ccc5ccccc5c4c3)cc(-n3c4ccccc4c4cc5cc(-n6c7ccccc7c7ccc8ccccc8c76)ccc5cc43)cc2c1. The average molecular weight is 1740 g/mol. The summed E-state index contributed by atoms with van der Waals surface area (Å²) in [6, 6.07) is 164. The molecule has 8 nitrogen and oxygen atoms in total. The van der Waals surface area contributed by atoms with E-state index < -0.39 is 0 Å². The van der Waals surface area contributed by atoms with Gasteiger partial charge in [-0.05, 0) is 226 Å². The van der Waals surface area contributed by atoms with Crippen molar-refractivity contribution in [3.05, 3.63) is 460 Å². The van der Waals surface area contributed by atoms with E-state index in [1.165, 1.54) is 163 Å². The smallest absolute Gasteiger partial charge is 0.0980 e. The fourth-order valence-corrected chi connectivity index (χ4v) is 23.3. The van der Waals surface area contributed by atoms with Gasteiger partial charge in [0.1, 0.15) is 0 Å². The Kier molecular flexibility index (Phi) is 16.5. The van der Waals surface area contributed by atoms with Crippen LogP contribution in [0.4, 0.5) is 0 Å². The quantitative estimate of drug-likeness (QED) is 0.142. The molecule has 23 aromatic carbocycles. The Bertz CT molecular complexity index is 10300. The van der Waals surface area contributed by atoms with Crippen molar-refractivity contribution < 1.29 is 0 Å². The van der Waals surface area contributed by atoms with E-state index in [0.717, 1.165) is 122 Å². The van der Waals surface area contributed by atoms with E-state index in [1.54, 1.807) is 0 Å². The summed E-state index contributed by atoms with van der Waals surface area (Å²) in [6.45, 7) is 4.67. The fourth-order valence-electron chi connectivity index (χ4n) is 23.3. The van der Waals surface area contributed by atoms with E-state index in [2.05, 4.69) is 463 Å². The average Bonchev–Trinajstić information content (AvgIpc) is 1.57. The van der Waals surface area contributed by atoms with Crippen molar-refractivity contribution in [1.82, 2.24) is 38.2 Å². The normalized spacial score (nSPS) is 12.7. The third-order valence-electron chi connectivity index (χ3n) is 29.6. The highest BCUT2D eigenvalue weighted by molar-refractivity contribution is 6.23. The Morgan fingerprint density at radius 2 is 0.555 bits per heavy atom. The Balaban J connectivity index is 0.000000132. The molecule has 0 atom stereocenters. The summed E-state index contributed by atoms with van der Waals surface area (Å²) in [5, 5.41) is 29.1. The highest BCUT2D eigenvalue weighted by Gasteiger charge is 2.36. The van der Waals surface area contributed by atoms with Crippen LogP contribution in [0.1, 0.15) is 25.0 Å². The van der Waals surface area contributed by atoms with Crippen LogP contribution in [-0.4, -0.2) is 38.2 Å². The second-order valence-corrected chi connectivity index (χ2v) is 37.4. The number of fused-ring (bicyclic) bond motifs is 28. The summed E-state index contributed by atoms with van der Waals surface area (Å²) in [5.41, 5.74) is 30.4. The molecular weight excluding hydrogens is 1660 g/mol. The molecule has 137 heavy (non-hydrogen) atoms. The van der Waals surface area contributed by atoms with Crippen LogP contribution in [0.25, 0.3) is 274 Å². The molecule has 0 amide bonds. The molecule has 0 bridgehead atoms. The molecule has 0 N–H and O–H groups in total. The van der Waals surface area contributed by atoms with E-state index in [1.807, 2.05) is 18.2 Å². The van der Waals surface area contributed by atoms with Crippen LogP contribution in [0.3, 0.4) is 0 Å². The number of hydrogen-bond acceptors (Lipinski definition) is 4. The zero-order valence-electron chi connectivity index (χ0n) is 74.8. The zero-order chi connectivity index (χ0) is 90.0. The minimum absolute atomic E-state index is 0.141. The Morgan fingerprint density at radius 1 is 0.175 bits per heavy atom. The molecule has 6 heterocycles. The number of hydrogen-bond donors (Lipinski definition) is 0. The first-order chi connectivity index (χ1) is 67.7. The lowest BCUT2D eigenvalue weighted by Crippen LogP contribution is -2.15. The molecule has 1 aliphatic carbocycles. The third-order valence-corrected chi connectivity index (χ3v) is 29.6. The van der Waals surface area contributed by atoms with Crippen molar-refractivity contribution in [2.24, 2.45) is 0 Å². The monoisotopic (exact) mass is 1740 g/mol. The van der Waals surface area contributed by atoms with Crippen LogP contribution in [-0.2, 0) is 5.41 Å². The molecule has 6 aromatic heterocycles. The second kappa shape index (κ2) is 29.5. The number of para-hydroxylation sites is 8. The molecule has 0 spiro atoms. The van der Waals surface area contributed by atoms with Crippen molar-refractivity contribution in [2.45, 2.75) is 19.3 Å². The summed E-state index contributed by atoms with van der Waals surface area (Å²) >= 11 is 0. The summed E-state index contributed by atoms with van der Waals surface area (Å²) < 4.78 is 9.84. The molecule has 8 heteroatoms. The van der Waals surface area contributed by atoms with Crippen LogP contribution < -0.4 is 0 Å². The summed E-state index contributed by atoms with van der Waals surface area (Å²) in [7, 11) is 0. The van der Waals surface area contributed by atoms with Gasteiger partial charge >= 0.3 is 0 Å². The molecule has 30 rings (SSSR count). The van der Waals surface area contributed by atoms with Gasteiger partial charge in [-0.2, -0.15) is 0 Å². The van der Waals surface area contributed by atoms with Gasteiger partial charge in [-0.3, -0.25) is 0 Å². The first kappa shape index (κ1) is 76.7. The van der Waals surface area contributed by atoms with Gasteiger partial charge in [0.15, 0.2) is 0 Å². The van der Waals surface area contributed by atoms with Gasteiger partial charge in [-0.1, -0.05) is 329 Å². The molecule has 29 aromatic rings. The Labute approximate surface area is 786 Å². The van der Waals surface area contributed by atoms with Gasteiger partial charge in [-0.15, -0.1) is 0 Å². The minimum atomic E-state index is -0.141. The van der Waals surface area contributed by atoms with Crippen LogP contribution in [0.2, 0.25) is 0 Å². The maximum Gasteiger partial charge on any atom is 0.0980 e. The molecule has 1 aliphatic rings. The molecule has 0 saturated heterocycles. The Morgan fingerprint density at radius 3 is 1.13 bits per heavy atom. The highest BCUT2D eigenvalue weighted by atomic mass is 15.0. The van der Waals surface area contributed by atoms with Crippen molar-refractivity contribution in [2.75, 3.05) is 0 Å². The number of benzene rings is 23. The lowest BCUT2D eigenvalue weighted by Gasteiger charge is -2.22. The minimum Gasteiger partial charge on any atom is -0.309 e. The standard InChI is InChI=1S/C65H42N4.C64H38N4/c1-65(2)54-22-10-7-18-46(54)47-31-29-41(37-55(47)65)62-63(67-57-24-12-11-23-56(57)66-62)51-33-34-60(48-19-6-5-17-45(48)51)69-59-26-14-9-21-50(59)53-36-42-35-43(30-27-40(42)38-61(53)69)68-58-25-13-8-20-49(58)52-32-28-39-15-3-4-16-44(39)64(52)68;1-4-16-48-39(13-1)25-26-41-27-28-44(35-54(41)48)62-63(66-58-22-10-9-21-57(58)65-62)56-38-47(33-43-15-3-5-17-49(43)56)67-59-23-11-8-20-52(59)55-36-45-34-46(31-29-42(45)37-61(55)67)68-60-24-12-7-19-51(60)53-32-30-40-14-2-6-18-50(40)64(53)68/h3-38H,1-2H3;1-38H. The predicted molar refractivity (Wildman–Crippen MR) is 576 cm³/mol. The largest absolute Gasteiger partial charge is 0.309 e. The molecule has 0 saturated carbocycles.